The number of hydrogen-bond donors (Lipinski definition) is 3. The third-order valence-corrected chi connectivity index (χ3v) is 7.07. The fourth-order valence-corrected chi connectivity index (χ4v) is 4.92. The van der Waals surface area contributed by atoms with Crippen molar-refractivity contribution in [3.8, 4) is 0 Å². The molecule has 0 saturated heterocycles. The SMILES string of the molecule is Cc1cccc(NS(=O)(=O)c2ccc(Cl)c(C(=O)NC(C)c3ccc4c(c3)CC(=O)N4)c2)c1. The molecule has 0 radical (unpaired) electrons. The summed E-state index contributed by atoms with van der Waals surface area (Å²) in [5.74, 6) is -0.572. The summed E-state index contributed by atoms with van der Waals surface area (Å²) in [7, 11) is -3.92. The Hall–Kier alpha value is -3.36. The van der Waals surface area contributed by atoms with Crippen LogP contribution < -0.4 is 15.4 Å². The molecular weight excluding hydrogens is 462 g/mol. The molecule has 0 bridgehead atoms. The largest absolute Gasteiger partial charge is 0.345 e. The molecule has 1 heterocycles. The topological polar surface area (TPSA) is 104 Å². The summed E-state index contributed by atoms with van der Waals surface area (Å²) >= 11 is 6.22. The second-order valence-corrected chi connectivity index (χ2v) is 10.0. The molecule has 33 heavy (non-hydrogen) atoms. The van der Waals surface area contributed by atoms with Gasteiger partial charge < -0.3 is 10.6 Å². The van der Waals surface area contributed by atoms with Crippen LogP contribution in [-0.4, -0.2) is 20.2 Å². The van der Waals surface area contributed by atoms with Crippen LogP contribution in [0.4, 0.5) is 11.4 Å². The zero-order valence-electron chi connectivity index (χ0n) is 18.0. The first kappa shape index (κ1) is 22.8. The molecule has 7 nitrogen and oxygen atoms in total. The maximum absolute atomic E-state index is 12.9. The van der Waals surface area contributed by atoms with Crippen LogP contribution in [0, 0.1) is 6.92 Å². The van der Waals surface area contributed by atoms with Crippen molar-refractivity contribution < 1.29 is 18.0 Å². The minimum atomic E-state index is -3.92. The van der Waals surface area contributed by atoms with Crippen LogP contribution >= 0.6 is 11.6 Å². The van der Waals surface area contributed by atoms with E-state index in [-0.39, 0.29) is 27.4 Å². The van der Waals surface area contributed by atoms with Crippen LogP contribution in [0.2, 0.25) is 5.02 Å². The molecule has 1 aliphatic heterocycles. The molecule has 0 fully saturated rings. The normalized spacial score (nSPS) is 13.7. The van der Waals surface area contributed by atoms with Gasteiger partial charge >= 0.3 is 0 Å². The van der Waals surface area contributed by atoms with E-state index in [0.717, 1.165) is 22.4 Å². The predicted molar refractivity (Wildman–Crippen MR) is 128 cm³/mol. The van der Waals surface area contributed by atoms with E-state index in [9.17, 15) is 18.0 Å². The van der Waals surface area contributed by atoms with Crippen LogP contribution in [0.25, 0.3) is 0 Å². The van der Waals surface area contributed by atoms with Gasteiger partial charge in [-0.25, -0.2) is 8.42 Å². The summed E-state index contributed by atoms with van der Waals surface area (Å²) in [5, 5.41) is 5.76. The van der Waals surface area contributed by atoms with Crippen LogP contribution in [-0.2, 0) is 21.2 Å². The summed E-state index contributed by atoms with van der Waals surface area (Å²) in [6.45, 7) is 3.66. The van der Waals surface area contributed by atoms with Gasteiger partial charge in [0, 0.05) is 11.4 Å². The number of sulfonamides is 1. The van der Waals surface area contributed by atoms with E-state index in [1.54, 1.807) is 31.2 Å². The molecule has 1 aliphatic rings. The molecule has 3 aromatic carbocycles. The van der Waals surface area contributed by atoms with E-state index in [1.165, 1.54) is 18.2 Å². The Morgan fingerprint density at radius 1 is 1.09 bits per heavy atom. The van der Waals surface area contributed by atoms with E-state index in [4.69, 9.17) is 11.6 Å². The van der Waals surface area contributed by atoms with E-state index in [2.05, 4.69) is 15.4 Å². The molecule has 0 aliphatic carbocycles. The number of anilines is 2. The Morgan fingerprint density at radius 2 is 1.88 bits per heavy atom. The number of rotatable bonds is 6. The highest BCUT2D eigenvalue weighted by Gasteiger charge is 2.22. The molecule has 3 N–H and O–H groups in total. The summed E-state index contributed by atoms with van der Waals surface area (Å²) in [5.41, 5.74) is 3.84. The minimum absolute atomic E-state index is 0.0497. The predicted octanol–water partition coefficient (Wildman–Crippen LogP) is 4.43. The number of carbonyl (C=O) groups excluding carboxylic acids is 2. The van der Waals surface area contributed by atoms with Crippen LogP contribution in [0.5, 0.6) is 0 Å². The van der Waals surface area contributed by atoms with Gasteiger partial charge in [-0.2, -0.15) is 0 Å². The third-order valence-electron chi connectivity index (χ3n) is 5.37. The highest BCUT2D eigenvalue weighted by molar-refractivity contribution is 7.92. The smallest absolute Gasteiger partial charge is 0.261 e. The molecule has 2 amide bonds. The lowest BCUT2D eigenvalue weighted by Gasteiger charge is -2.17. The van der Waals surface area contributed by atoms with Crippen LogP contribution in [0.15, 0.2) is 65.6 Å². The average molecular weight is 484 g/mol. The van der Waals surface area contributed by atoms with E-state index >= 15 is 0 Å². The average Bonchev–Trinajstić information content (AvgIpc) is 3.12. The van der Waals surface area contributed by atoms with Crippen LogP contribution in [0.1, 0.15) is 40.0 Å². The van der Waals surface area contributed by atoms with Crippen molar-refractivity contribution >= 4 is 44.8 Å². The van der Waals surface area contributed by atoms with Gasteiger partial charge in [0.25, 0.3) is 15.9 Å². The van der Waals surface area contributed by atoms with E-state index in [0.29, 0.717) is 12.1 Å². The van der Waals surface area contributed by atoms with Crippen molar-refractivity contribution in [1.29, 1.82) is 0 Å². The van der Waals surface area contributed by atoms with Gasteiger partial charge in [-0.05, 0) is 66.9 Å². The second kappa shape index (κ2) is 8.88. The highest BCUT2D eigenvalue weighted by Crippen LogP contribution is 2.27. The summed E-state index contributed by atoms with van der Waals surface area (Å²) in [6.07, 6.45) is 0.295. The fourth-order valence-electron chi connectivity index (χ4n) is 3.64. The standard InChI is InChI=1S/C24H22ClN3O4S/c1-14-4-3-5-18(10-14)28-33(31,32)19-7-8-21(25)20(13-19)24(30)26-15(2)16-6-9-22-17(11-16)12-23(29)27-22/h3-11,13,15,28H,12H2,1-2H3,(H,26,30)(H,27,29). The number of fused-ring (bicyclic) bond motifs is 1. The Balaban J connectivity index is 1.54. The van der Waals surface area contributed by atoms with Crippen molar-refractivity contribution in [2.75, 3.05) is 10.0 Å². The fraction of sp³-hybridized carbons (Fsp3) is 0.167. The minimum Gasteiger partial charge on any atom is -0.345 e. The number of carbonyl (C=O) groups is 2. The second-order valence-electron chi connectivity index (χ2n) is 7.95. The molecule has 170 valence electrons. The molecule has 4 rings (SSSR count). The van der Waals surface area contributed by atoms with Gasteiger partial charge in [0.2, 0.25) is 5.91 Å². The number of halogens is 1. The molecule has 0 aromatic heterocycles. The van der Waals surface area contributed by atoms with Crippen molar-refractivity contribution in [2.24, 2.45) is 0 Å². The van der Waals surface area contributed by atoms with Crippen LogP contribution in [0.3, 0.4) is 0 Å². The first-order valence-electron chi connectivity index (χ1n) is 10.2. The Kier molecular flexibility index (Phi) is 6.14. The Labute approximate surface area is 197 Å². The molecule has 3 aromatic rings. The molecule has 1 atom stereocenters. The summed E-state index contributed by atoms with van der Waals surface area (Å²) < 4.78 is 28.2. The lowest BCUT2D eigenvalue weighted by molar-refractivity contribution is -0.115. The monoisotopic (exact) mass is 483 g/mol. The van der Waals surface area contributed by atoms with Crippen molar-refractivity contribution in [3.05, 3.63) is 87.9 Å². The Morgan fingerprint density at radius 3 is 2.64 bits per heavy atom. The van der Waals surface area contributed by atoms with Crippen molar-refractivity contribution in [1.82, 2.24) is 5.32 Å². The van der Waals surface area contributed by atoms with Gasteiger partial charge in [0.15, 0.2) is 0 Å². The number of nitrogens with one attached hydrogen (secondary N) is 3. The Bertz CT molecular complexity index is 1370. The van der Waals surface area contributed by atoms with Gasteiger partial charge in [0.1, 0.15) is 0 Å². The molecule has 1 unspecified atom stereocenters. The molecule has 0 spiro atoms. The number of amides is 2. The quantitative estimate of drug-likeness (QED) is 0.482. The van der Waals surface area contributed by atoms with E-state index in [1.807, 2.05) is 25.1 Å². The number of hydrogen-bond acceptors (Lipinski definition) is 4. The first-order chi connectivity index (χ1) is 15.6. The van der Waals surface area contributed by atoms with E-state index < -0.39 is 15.9 Å². The zero-order chi connectivity index (χ0) is 23.8. The van der Waals surface area contributed by atoms with Gasteiger partial charge in [0.05, 0.1) is 27.9 Å². The molecular formula is C24H22ClN3O4S. The maximum atomic E-state index is 12.9. The highest BCUT2D eigenvalue weighted by atomic mass is 35.5. The van der Waals surface area contributed by atoms with Gasteiger partial charge in [-0.1, -0.05) is 35.9 Å². The lowest BCUT2D eigenvalue weighted by atomic mass is 10.0. The van der Waals surface area contributed by atoms with Crippen molar-refractivity contribution in [3.63, 3.8) is 0 Å². The molecule has 9 heteroatoms. The lowest BCUT2D eigenvalue weighted by Crippen LogP contribution is -2.27. The molecule has 0 saturated carbocycles. The van der Waals surface area contributed by atoms with Crippen molar-refractivity contribution in [2.45, 2.75) is 31.2 Å². The third kappa shape index (κ3) is 5.02. The maximum Gasteiger partial charge on any atom is 0.261 e. The van der Waals surface area contributed by atoms with Gasteiger partial charge in [-0.15, -0.1) is 0 Å². The number of benzene rings is 3. The summed E-state index contributed by atoms with van der Waals surface area (Å²) in [4.78, 5) is 24.4. The number of aryl methyl sites for hydroxylation is 1. The first-order valence-corrected chi connectivity index (χ1v) is 12.1. The summed E-state index contributed by atoms with van der Waals surface area (Å²) in [6, 6.07) is 16.1. The zero-order valence-corrected chi connectivity index (χ0v) is 19.5. The van der Waals surface area contributed by atoms with Gasteiger partial charge in [-0.3, -0.25) is 14.3 Å².